The molecule has 9 heteroatoms. The fraction of sp³-hybridized carbons (Fsp3) is 0.429. The van der Waals surface area contributed by atoms with Crippen molar-refractivity contribution < 1.29 is 32.6 Å². The number of ether oxygens (including phenoxy) is 1. The number of hydrogen-bond acceptors (Lipinski definition) is 3. The van der Waals surface area contributed by atoms with E-state index in [2.05, 4.69) is 0 Å². The lowest BCUT2D eigenvalue weighted by molar-refractivity contribution is -0.227. The van der Waals surface area contributed by atoms with Crippen molar-refractivity contribution in [3.8, 4) is 5.75 Å². The number of rotatable bonds is 4. The summed E-state index contributed by atoms with van der Waals surface area (Å²) in [4.78, 5) is 23.8. The third-order valence-electron chi connectivity index (χ3n) is 3.75. The zero-order valence-electron chi connectivity index (χ0n) is 11.8. The summed E-state index contributed by atoms with van der Waals surface area (Å²) in [5, 5.41) is 9.40. The van der Waals surface area contributed by atoms with Gasteiger partial charge in [0.1, 0.15) is 5.75 Å². The molecule has 1 saturated heterocycles. The highest BCUT2D eigenvalue weighted by atomic mass is 35.5. The number of likely N-dealkylation sites (tertiary alicyclic amines) is 1. The van der Waals surface area contributed by atoms with E-state index in [0.29, 0.717) is 10.8 Å². The molecule has 1 amide bonds. The summed E-state index contributed by atoms with van der Waals surface area (Å²) in [5.74, 6) is -2.34. The monoisotopic (exact) mass is 351 g/mol. The minimum Gasteiger partial charge on any atom is -0.484 e. The summed E-state index contributed by atoms with van der Waals surface area (Å²) in [6.07, 6.45) is -5.59. The third kappa shape index (κ3) is 3.52. The van der Waals surface area contributed by atoms with Gasteiger partial charge in [-0.1, -0.05) is 11.6 Å². The van der Waals surface area contributed by atoms with E-state index >= 15 is 0 Å². The maximum atomic E-state index is 13.0. The van der Waals surface area contributed by atoms with Crippen molar-refractivity contribution in [2.45, 2.75) is 12.6 Å². The summed E-state index contributed by atoms with van der Waals surface area (Å²) in [6.45, 7) is -1.67. The van der Waals surface area contributed by atoms with Crippen LogP contribution in [-0.2, 0) is 9.59 Å². The number of halogens is 4. The SMILES string of the molecule is O=C(COc1ccc(Cl)cc1)N1CCC(C(=O)O)(C(F)(F)F)C1. The number of carboxylic acids is 1. The van der Waals surface area contributed by atoms with E-state index in [0.717, 1.165) is 4.90 Å². The zero-order valence-corrected chi connectivity index (χ0v) is 12.5. The Morgan fingerprint density at radius 3 is 2.39 bits per heavy atom. The first-order valence-electron chi connectivity index (χ1n) is 6.62. The molecule has 1 heterocycles. The van der Waals surface area contributed by atoms with E-state index in [-0.39, 0.29) is 6.54 Å². The zero-order chi connectivity index (χ0) is 17.3. The summed E-state index contributed by atoms with van der Waals surface area (Å²) in [5.41, 5.74) is -2.91. The minimum atomic E-state index is -4.93. The van der Waals surface area contributed by atoms with E-state index in [4.69, 9.17) is 21.4 Å². The predicted octanol–water partition coefficient (Wildman–Crippen LogP) is 2.58. The van der Waals surface area contributed by atoms with Gasteiger partial charge < -0.3 is 14.7 Å². The molecule has 1 N–H and O–H groups in total. The molecule has 1 aliphatic heterocycles. The van der Waals surface area contributed by atoms with Crippen LogP contribution >= 0.6 is 11.6 Å². The van der Waals surface area contributed by atoms with Gasteiger partial charge in [-0.05, 0) is 30.7 Å². The summed E-state index contributed by atoms with van der Waals surface area (Å²) in [7, 11) is 0. The summed E-state index contributed by atoms with van der Waals surface area (Å²) in [6, 6.07) is 6.10. The Morgan fingerprint density at radius 2 is 1.91 bits per heavy atom. The first-order valence-corrected chi connectivity index (χ1v) is 7.00. The molecule has 1 aliphatic rings. The number of hydrogen-bond donors (Lipinski definition) is 1. The molecule has 1 aromatic carbocycles. The second-order valence-electron chi connectivity index (χ2n) is 5.19. The lowest BCUT2D eigenvalue weighted by atomic mass is 9.86. The highest BCUT2D eigenvalue weighted by Gasteiger charge is 2.64. The van der Waals surface area contributed by atoms with Gasteiger partial charge in [-0.15, -0.1) is 0 Å². The average Bonchev–Trinajstić information content (AvgIpc) is 2.93. The molecule has 1 fully saturated rings. The van der Waals surface area contributed by atoms with Crippen LogP contribution < -0.4 is 4.74 Å². The molecule has 0 radical (unpaired) electrons. The largest absolute Gasteiger partial charge is 0.484 e. The van der Waals surface area contributed by atoms with Crippen LogP contribution in [0.1, 0.15) is 6.42 Å². The van der Waals surface area contributed by atoms with Crippen LogP contribution in [0.3, 0.4) is 0 Å². The van der Waals surface area contributed by atoms with Crippen LogP contribution in [0, 0.1) is 5.41 Å². The number of carbonyl (C=O) groups excluding carboxylic acids is 1. The quantitative estimate of drug-likeness (QED) is 0.905. The molecule has 23 heavy (non-hydrogen) atoms. The Morgan fingerprint density at radius 1 is 1.30 bits per heavy atom. The molecule has 2 rings (SSSR count). The van der Waals surface area contributed by atoms with Crippen molar-refractivity contribution >= 4 is 23.5 Å². The molecule has 0 bridgehead atoms. The number of benzene rings is 1. The normalized spacial score (nSPS) is 21.3. The van der Waals surface area contributed by atoms with E-state index < -0.39 is 43.0 Å². The molecular formula is C14H13ClF3NO4. The third-order valence-corrected chi connectivity index (χ3v) is 4.00. The van der Waals surface area contributed by atoms with Crippen LogP contribution in [0.15, 0.2) is 24.3 Å². The first kappa shape index (κ1) is 17.4. The number of nitrogens with zero attached hydrogens (tertiary/aromatic N) is 1. The summed E-state index contributed by atoms with van der Waals surface area (Å²) >= 11 is 5.69. The maximum absolute atomic E-state index is 13.0. The highest BCUT2D eigenvalue weighted by molar-refractivity contribution is 6.30. The Hall–Kier alpha value is -1.96. The molecule has 5 nitrogen and oxygen atoms in total. The van der Waals surface area contributed by atoms with Crippen molar-refractivity contribution in [2.24, 2.45) is 5.41 Å². The molecule has 0 saturated carbocycles. The van der Waals surface area contributed by atoms with Crippen LogP contribution in [-0.4, -0.2) is 47.8 Å². The first-order chi connectivity index (χ1) is 10.7. The number of amides is 1. The Balaban J connectivity index is 1.99. The number of alkyl halides is 3. The molecule has 1 unspecified atom stereocenters. The number of aliphatic carboxylic acids is 1. The van der Waals surface area contributed by atoms with Crippen LogP contribution in [0.25, 0.3) is 0 Å². The van der Waals surface area contributed by atoms with E-state index in [9.17, 15) is 22.8 Å². The lowest BCUT2D eigenvalue weighted by Gasteiger charge is -2.27. The van der Waals surface area contributed by atoms with Gasteiger partial charge in [0.05, 0.1) is 0 Å². The van der Waals surface area contributed by atoms with Crippen LogP contribution in [0.2, 0.25) is 5.02 Å². The predicted molar refractivity (Wildman–Crippen MR) is 74.3 cm³/mol. The standard InChI is InChI=1S/C14H13ClF3NO4/c15-9-1-3-10(4-2-9)23-7-11(20)19-6-5-13(8-19,12(21)22)14(16,17)18/h1-4H,5-8H2,(H,21,22). The van der Waals surface area contributed by atoms with Gasteiger partial charge in [-0.25, -0.2) is 0 Å². The highest BCUT2D eigenvalue weighted by Crippen LogP contribution is 2.45. The van der Waals surface area contributed by atoms with Crippen LogP contribution in [0.5, 0.6) is 5.75 Å². The van der Waals surface area contributed by atoms with Crippen molar-refractivity contribution in [3.63, 3.8) is 0 Å². The summed E-state index contributed by atoms with van der Waals surface area (Å²) < 4.78 is 44.3. The van der Waals surface area contributed by atoms with Gasteiger partial charge >= 0.3 is 12.1 Å². The van der Waals surface area contributed by atoms with E-state index in [1.165, 1.54) is 24.3 Å². The van der Waals surface area contributed by atoms with Crippen molar-refractivity contribution in [3.05, 3.63) is 29.3 Å². The van der Waals surface area contributed by atoms with Crippen molar-refractivity contribution in [1.29, 1.82) is 0 Å². The van der Waals surface area contributed by atoms with Gasteiger partial charge in [0.25, 0.3) is 5.91 Å². The van der Waals surface area contributed by atoms with Crippen LogP contribution in [0.4, 0.5) is 13.2 Å². The smallest absolute Gasteiger partial charge is 0.406 e. The van der Waals surface area contributed by atoms with Gasteiger partial charge in [-0.2, -0.15) is 13.2 Å². The number of carboxylic acid groups (broad SMARTS) is 1. The van der Waals surface area contributed by atoms with E-state index in [1.807, 2.05) is 0 Å². The van der Waals surface area contributed by atoms with Crippen molar-refractivity contribution in [2.75, 3.05) is 19.7 Å². The van der Waals surface area contributed by atoms with Crippen molar-refractivity contribution in [1.82, 2.24) is 4.90 Å². The molecular weight excluding hydrogens is 339 g/mol. The maximum Gasteiger partial charge on any atom is 0.406 e. The minimum absolute atomic E-state index is 0.283. The Bertz CT molecular complexity index is 605. The lowest BCUT2D eigenvalue weighted by Crippen LogP contribution is -2.48. The molecule has 0 aromatic heterocycles. The molecule has 126 valence electrons. The molecule has 1 aromatic rings. The second kappa shape index (κ2) is 6.27. The van der Waals surface area contributed by atoms with E-state index in [1.54, 1.807) is 0 Å². The fourth-order valence-electron chi connectivity index (χ4n) is 2.32. The molecule has 1 atom stereocenters. The molecule has 0 aliphatic carbocycles. The van der Waals surface area contributed by atoms with Gasteiger partial charge in [0.2, 0.25) is 0 Å². The average molecular weight is 352 g/mol. The Labute approximate surface area is 134 Å². The van der Waals surface area contributed by atoms with Gasteiger partial charge in [0, 0.05) is 18.1 Å². The molecule has 0 spiro atoms. The Kier molecular flexibility index (Phi) is 4.74. The fourth-order valence-corrected chi connectivity index (χ4v) is 2.44. The second-order valence-corrected chi connectivity index (χ2v) is 5.63. The number of carbonyl (C=O) groups is 2. The van der Waals surface area contributed by atoms with Gasteiger partial charge in [-0.3, -0.25) is 9.59 Å². The topological polar surface area (TPSA) is 66.8 Å². The van der Waals surface area contributed by atoms with Gasteiger partial charge in [0.15, 0.2) is 12.0 Å².